The summed E-state index contributed by atoms with van der Waals surface area (Å²) in [5, 5.41) is 0. The Morgan fingerprint density at radius 1 is 0.926 bits per heavy atom. The first-order valence-corrected chi connectivity index (χ1v) is 10.3. The highest BCUT2D eigenvalue weighted by Crippen LogP contribution is 2.28. The van der Waals surface area contributed by atoms with Gasteiger partial charge in [-0.3, -0.25) is 9.80 Å². The fourth-order valence-corrected chi connectivity index (χ4v) is 3.67. The second-order valence-electron chi connectivity index (χ2n) is 7.54. The molecule has 2 heterocycles. The van der Waals surface area contributed by atoms with E-state index in [2.05, 4.69) is 39.9 Å². The van der Waals surface area contributed by atoms with Crippen molar-refractivity contribution in [1.82, 2.24) is 14.7 Å². The van der Waals surface area contributed by atoms with Crippen LogP contribution in [0.5, 0.6) is 11.5 Å². The third-order valence-electron chi connectivity index (χ3n) is 5.53. The topological polar surface area (TPSA) is 37.4 Å². The lowest BCUT2D eigenvalue weighted by atomic mass is 10.1. The van der Waals surface area contributed by atoms with Crippen LogP contribution in [0.2, 0.25) is 0 Å². The number of piperazine rings is 1. The van der Waals surface area contributed by atoms with Gasteiger partial charge in [0.05, 0.1) is 20.3 Å². The van der Waals surface area contributed by atoms with Gasteiger partial charge in [0.15, 0.2) is 11.5 Å². The van der Waals surface area contributed by atoms with Gasteiger partial charge in [-0.25, -0.2) is 0 Å². The smallest absolute Gasteiger partial charge is 0.161 e. The molecule has 2 fully saturated rings. The summed E-state index contributed by atoms with van der Waals surface area (Å²) in [7, 11) is 3.90. The van der Waals surface area contributed by atoms with Gasteiger partial charge in [-0.15, -0.1) is 0 Å². The Kier molecular flexibility index (Phi) is 8.20. The van der Waals surface area contributed by atoms with Crippen LogP contribution in [0.3, 0.4) is 0 Å². The maximum absolute atomic E-state index is 6.01. The predicted octanol–water partition coefficient (Wildman–Crippen LogP) is 1.59. The molecule has 0 radical (unpaired) electrons. The average Bonchev–Trinajstić information content (AvgIpc) is 2.71. The number of rotatable bonds is 9. The van der Waals surface area contributed by atoms with Gasteiger partial charge in [0.25, 0.3) is 0 Å². The molecule has 2 aliphatic heterocycles. The first kappa shape index (κ1) is 20.4. The van der Waals surface area contributed by atoms with Crippen molar-refractivity contribution >= 4 is 0 Å². The molecule has 27 heavy (non-hydrogen) atoms. The standard InChI is InChI=1S/C21H35N3O3/c1-22-8-10-24(11-9-22)14-17-27-20-6-5-19(18-21(20)25-2)4-3-7-23-12-15-26-16-13-23/h5-6,18H,3-4,7-17H2,1-2H3. The van der Waals surface area contributed by atoms with Crippen LogP contribution >= 0.6 is 0 Å². The second-order valence-corrected chi connectivity index (χ2v) is 7.54. The maximum Gasteiger partial charge on any atom is 0.161 e. The molecule has 6 heteroatoms. The summed E-state index contributed by atoms with van der Waals surface area (Å²) in [5.41, 5.74) is 1.31. The minimum absolute atomic E-state index is 0.705. The highest BCUT2D eigenvalue weighted by atomic mass is 16.5. The second kappa shape index (κ2) is 10.9. The molecule has 2 saturated heterocycles. The SMILES string of the molecule is COc1cc(CCCN2CCOCC2)ccc1OCCN1CCN(C)CC1. The third kappa shape index (κ3) is 6.64. The number of likely N-dealkylation sites (N-methyl/N-ethyl adjacent to an activating group) is 1. The molecule has 0 N–H and O–H groups in total. The van der Waals surface area contributed by atoms with Gasteiger partial charge < -0.3 is 19.1 Å². The zero-order valence-corrected chi connectivity index (χ0v) is 17.0. The highest BCUT2D eigenvalue weighted by molar-refractivity contribution is 5.43. The van der Waals surface area contributed by atoms with E-state index in [0.29, 0.717) is 6.61 Å². The van der Waals surface area contributed by atoms with Crippen molar-refractivity contribution in [2.75, 3.05) is 86.3 Å². The lowest BCUT2D eigenvalue weighted by molar-refractivity contribution is 0.0374. The molecule has 0 saturated carbocycles. The molecule has 2 aliphatic rings. The first-order valence-electron chi connectivity index (χ1n) is 10.3. The number of benzene rings is 1. The van der Waals surface area contributed by atoms with Gasteiger partial charge in [-0.2, -0.15) is 0 Å². The maximum atomic E-state index is 6.01. The summed E-state index contributed by atoms with van der Waals surface area (Å²) in [5.74, 6) is 1.70. The van der Waals surface area contributed by atoms with Gasteiger partial charge in [0.2, 0.25) is 0 Å². The van der Waals surface area contributed by atoms with Gasteiger partial charge in [-0.1, -0.05) is 6.07 Å². The summed E-state index contributed by atoms with van der Waals surface area (Å²) in [6.45, 7) is 11.2. The number of morpholine rings is 1. The Labute approximate surface area is 164 Å². The molecule has 0 aliphatic carbocycles. The Balaban J connectivity index is 1.41. The van der Waals surface area contributed by atoms with Gasteiger partial charge in [-0.05, 0) is 44.1 Å². The minimum Gasteiger partial charge on any atom is -0.493 e. The average molecular weight is 378 g/mol. The van der Waals surface area contributed by atoms with Gasteiger partial charge >= 0.3 is 0 Å². The van der Waals surface area contributed by atoms with Crippen molar-refractivity contribution in [2.45, 2.75) is 12.8 Å². The molecule has 0 spiro atoms. The van der Waals surface area contributed by atoms with Gasteiger partial charge in [0.1, 0.15) is 6.61 Å². The number of hydrogen-bond donors (Lipinski definition) is 0. The fraction of sp³-hybridized carbons (Fsp3) is 0.714. The Hall–Kier alpha value is -1.34. The molecule has 0 bridgehead atoms. The molecule has 6 nitrogen and oxygen atoms in total. The van der Waals surface area contributed by atoms with Crippen molar-refractivity contribution in [3.63, 3.8) is 0 Å². The lowest BCUT2D eigenvalue weighted by Gasteiger charge is -2.32. The number of ether oxygens (including phenoxy) is 3. The molecule has 1 aromatic carbocycles. The third-order valence-corrected chi connectivity index (χ3v) is 5.53. The van der Waals surface area contributed by atoms with Crippen molar-refractivity contribution in [3.8, 4) is 11.5 Å². The summed E-state index contributed by atoms with van der Waals surface area (Å²) < 4.78 is 17.0. The summed E-state index contributed by atoms with van der Waals surface area (Å²) >= 11 is 0. The van der Waals surface area contributed by atoms with E-state index in [9.17, 15) is 0 Å². The molecule has 1 aromatic rings. The van der Waals surface area contributed by atoms with E-state index < -0.39 is 0 Å². The molecule has 0 aromatic heterocycles. The van der Waals surface area contributed by atoms with E-state index in [0.717, 1.165) is 89.9 Å². The predicted molar refractivity (Wildman–Crippen MR) is 108 cm³/mol. The number of aryl methyl sites for hydroxylation is 1. The van der Waals surface area contributed by atoms with Crippen LogP contribution in [0.15, 0.2) is 18.2 Å². The van der Waals surface area contributed by atoms with Gasteiger partial charge in [0, 0.05) is 45.8 Å². The van der Waals surface area contributed by atoms with Crippen LogP contribution in [0.1, 0.15) is 12.0 Å². The largest absolute Gasteiger partial charge is 0.493 e. The van der Waals surface area contributed by atoms with Crippen LogP contribution in [0.4, 0.5) is 0 Å². The van der Waals surface area contributed by atoms with Crippen LogP contribution in [0.25, 0.3) is 0 Å². The zero-order valence-electron chi connectivity index (χ0n) is 17.0. The monoisotopic (exact) mass is 377 g/mol. The van der Waals surface area contributed by atoms with Crippen molar-refractivity contribution < 1.29 is 14.2 Å². The highest BCUT2D eigenvalue weighted by Gasteiger charge is 2.14. The summed E-state index contributed by atoms with van der Waals surface area (Å²) in [4.78, 5) is 7.32. The molecule has 0 amide bonds. The van der Waals surface area contributed by atoms with Crippen LogP contribution in [0, 0.1) is 0 Å². The Morgan fingerprint density at radius 3 is 2.41 bits per heavy atom. The quantitative estimate of drug-likeness (QED) is 0.651. The lowest BCUT2D eigenvalue weighted by Crippen LogP contribution is -2.45. The van der Waals surface area contributed by atoms with E-state index in [1.165, 1.54) is 5.56 Å². The fourth-order valence-electron chi connectivity index (χ4n) is 3.67. The minimum atomic E-state index is 0.705. The van der Waals surface area contributed by atoms with E-state index in [1.807, 2.05) is 0 Å². The molecule has 3 rings (SSSR count). The normalized spacial score (nSPS) is 19.9. The van der Waals surface area contributed by atoms with E-state index in [-0.39, 0.29) is 0 Å². The molecular formula is C21H35N3O3. The first-order chi connectivity index (χ1) is 13.2. The molecule has 152 valence electrons. The van der Waals surface area contributed by atoms with E-state index in [1.54, 1.807) is 7.11 Å². The Morgan fingerprint density at radius 2 is 1.67 bits per heavy atom. The van der Waals surface area contributed by atoms with E-state index in [4.69, 9.17) is 14.2 Å². The van der Waals surface area contributed by atoms with E-state index >= 15 is 0 Å². The van der Waals surface area contributed by atoms with Crippen LogP contribution in [-0.2, 0) is 11.2 Å². The number of nitrogens with zero attached hydrogens (tertiary/aromatic N) is 3. The van der Waals surface area contributed by atoms with Crippen molar-refractivity contribution in [2.24, 2.45) is 0 Å². The number of methoxy groups -OCH3 is 1. The van der Waals surface area contributed by atoms with Crippen LogP contribution < -0.4 is 9.47 Å². The molecular weight excluding hydrogens is 342 g/mol. The van der Waals surface area contributed by atoms with Crippen LogP contribution in [-0.4, -0.2) is 101 Å². The van der Waals surface area contributed by atoms with Crippen molar-refractivity contribution in [1.29, 1.82) is 0 Å². The number of hydrogen-bond acceptors (Lipinski definition) is 6. The summed E-state index contributed by atoms with van der Waals surface area (Å²) in [6, 6.07) is 6.37. The zero-order chi connectivity index (χ0) is 18.9. The Bertz CT molecular complexity index is 556. The molecule has 0 unspecified atom stereocenters. The molecule has 0 atom stereocenters. The van der Waals surface area contributed by atoms with Crippen molar-refractivity contribution in [3.05, 3.63) is 23.8 Å². The summed E-state index contributed by atoms with van der Waals surface area (Å²) in [6.07, 6.45) is 2.22.